The van der Waals surface area contributed by atoms with E-state index in [0.29, 0.717) is 13.1 Å². The molecule has 0 atom stereocenters. The van der Waals surface area contributed by atoms with E-state index < -0.39 is 0 Å². The number of carbonyl (C=O) groups is 1. The Morgan fingerprint density at radius 3 is 2.45 bits per heavy atom. The number of piperazine rings is 1. The molecule has 0 radical (unpaired) electrons. The normalized spacial score (nSPS) is 19.4. The summed E-state index contributed by atoms with van der Waals surface area (Å²) >= 11 is 1.78. The molecule has 0 aliphatic carbocycles. The number of rotatable bonds is 6. The second kappa shape index (κ2) is 8.98. The minimum absolute atomic E-state index is 0.101. The third-order valence-electron chi connectivity index (χ3n) is 5.56. The largest absolute Gasteiger partial charge is 0.320 e. The highest BCUT2D eigenvalue weighted by atomic mass is 32.1. The van der Waals surface area contributed by atoms with Gasteiger partial charge in [0.1, 0.15) is 43.5 Å². The quantitative estimate of drug-likeness (QED) is 0.626. The number of benzene rings is 2. The van der Waals surface area contributed by atoms with Gasteiger partial charge in [0.15, 0.2) is 6.54 Å². The molecule has 0 unspecified atom stereocenters. The van der Waals surface area contributed by atoms with Crippen molar-refractivity contribution in [3.63, 3.8) is 0 Å². The van der Waals surface area contributed by atoms with Gasteiger partial charge < -0.3 is 14.7 Å². The van der Waals surface area contributed by atoms with Gasteiger partial charge in [0.05, 0.1) is 10.2 Å². The Bertz CT molecular complexity index is 933. The zero-order valence-electron chi connectivity index (χ0n) is 16.7. The van der Waals surface area contributed by atoms with Gasteiger partial charge in [-0.2, -0.15) is 0 Å². The number of carbonyl (C=O) groups excluding carboxylic acids is 1. The van der Waals surface area contributed by atoms with Crippen molar-refractivity contribution in [1.82, 2.24) is 4.98 Å². The van der Waals surface area contributed by atoms with Gasteiger partial charge in [0, 0.05) is 12.2 Å². The first-order valence-electron chi connectivity index (χ1n) is 10.2. The smallest absolute Gasteiger partial charge is 0.282 e. The Morgan fingerprint density at radius 2 is 1.76 bits per heavy atom. The molecule has 7 heteroatoms. The van der Waals surface area contributed by atoms with Crippen molar-refractivity contribution < 1.29 is 19.0 Å². The van der Waals surface area contributed by atoms with E-state index >= 15 is 0 Å². The summed E-state index contributed by atoms with van der Waals surface area (Å²) in [5.74, 6) is -0.182. The average molecular weight is 415 g/mol. The Hall–Kier alpha value is -2.35. The zero-order chi connectivity index (χ0) is 20.2. The minimum Gasteiger partial charge on any atom is -0.320 e. The SMILES string of the molecule is CCN(C(=O)C[NH+]1CC[NH+](Cc2nc3ccccc3s2)CC1)c1ccc(F)cc1. The number of likely N-dealkylation sites (N-methyl/N-ethyl adjacent to an activating group) is 1. The summed E-state index contributed by atoms with van der Waals surface area (Å²) in [5.41, 5.74) is 1.85. The molecule has 1 aliphatic heterocycles. The first-order valence-corrected chi connectivity index (χ1v) is 11.0. The number of anilines is 1. The highest BCUT2D eigenvalue weighted by molar-refractivity contribution is 7.18. The first kappa shape index (κ1) is 19.9. The zero-order valence-corrected chi connectivity index (χ0v) is 17.5. The topological polar surface area (TPSA) is 42.1 Å². The lowest BCUT2D eigenvalue weighted by atomic mass is 10.2. The Labute approximate surface area is 174 Å². The maximum atomic E-state index is 13.2. The lowest BCUT2D eigenvalue weighted by molar-refractivity contribution is -1.02. The van der Waals surface area contributed by atoms with Crippen LogP contribution in [0.5, 0.6) is 0 Å². The number of amides is 1. The van der Waals surface area contributed by atoms with Crippen LogP contribution < -0.4 is 14.7 Å². The summed E-state index contributed by atoms with van der Waals surface area (Å²) in [7, 11) is 0. The maximum absolute atomic E-state index is 13.2. The Kier molecular flexibility index (Phi) is 6.18. The van der Waals surface area contributed by atoms with Gasteiger partial charge in [-0.05, 0) is 43.3 Å². The molecular formula is C22H27FN4OS+2. The molecule has 1 amide bonds. The summed E-state index contributed by atoms with van der Waals surface area (Å²) < 4.78 is 14.4. The van der Waals surface area contributed by atoms with E-state index in [1.54, 1.807) is 28.4 Å². The standard InChI is InChI=1S/C22H25FN4OS/c1-2-27(18-9-7-17(23)8-10-18)22(28)16-26-13-11-25(12-14-26)15-21-24-19-5-3-4-6-20(19)29-21/h3-10H,2,11-16H2,1H3/p+2. The second-order valence-corrected chi connectivity index (χ2v) is 8.66. The number of aromatic nitrogens is 1. The van der Waals surface area contributed by atoms with Crippen molar-refractivity contribution in [1.29, 1.82) is 0 Å². The van der Waals surface area contributed by atoms with E-state index in [2.05, 4.69) is 18.2 Å². The summed E-state index contributed by atoms with van der Waals surface area (Å²) in [4.78, 5) is 22.1. The number of halogens is 1. The van der Waals surface area contributed by atoms with E-state index in [9.17, 15) is 9.18 Å². The van der Waals surface area contributed by atoms with Crippen LogP contribution in [0.2, 0.25) is 0 Å². The fourth-order valence-electron chi connectivity index (χ4n) is 3.95. The maximum Gasteiger partial charge on any atom is 0.282 e. The van der Waals surface area contributed by atoms with Gasteiger partial charge in [-0.25, -0.2) is 9.37 Å². The molecule has 2 heterocycles. The molecule has 152 valence electrons. The van der Waals surface area contributed by atoms with Crippen LogP contribution in [-0.4, -0.2) is 50.2 Å². The molecule has 1 fully saturated rings. The molecule has 1 saturated heterocycles. The predicted molar refractivity (Wildman–Crippen MR) is 114 cm³/mol. The van der Waals surface area contributed by atoms with E-state index in [1.807, 2.05) is 13.0 Å². The van der Waals surface area contributed by atoms with Gasteiger partial charge >= 0.3 is 0 Å². The highest BCUT2D eigenvalue weighted by Gasteiger charge is 2.27. The molecule has 0 saturated carbocycles. The second-order valence-electron chi connectivity index (χ2n) is 7.54. The molecule has 2 aromatic carbocycles. The van der Waals surface area contributed by atoms with Gasteiger partial charge in [-0.15, -0.1) is 11.3 Å². The lowest BCUT2D eigenvalue weighted by Crippen LogP contribution is -3.28. The van der Waals surface area contributed by atoms with E-state index in [4.69, 9.17) is 4.98 Å². The van der Waals surface area contributed by atoms with Crippen LogP contribution >= 0.6 is 11.3 Å². The third-order valence-corrected chi connectivity index (χ3v) is 6.60. The molecule has 0 spiro atoms. The molecule has 5 nitrogen and oxygen atoms in total. The van der Waals surface area contributed by atoms with Crippen molar-refractivity contribution in [3.05, 3.63) is 59.4 Å². The number of quaternary nitrogens is 2. The number of hydrogen-bond donors (Lipinski definition) is 2. The van der Waals surface area contributed by atoms with E-state index in [-0.39, 0.29) is 11.7 Å². The summed E-state index contributed by atoms with van der Waals surface area (Å²) in [6.45, 7) is 8.03. The van der Waals surface area contributed by atoms with Crippen LogP contribution in [0.3, 0.4) is 0 Å². The van der Waals surface area contributed by atoms with Gasteiger partial charge in [-0.1, -0.05) is 12.1 Å². The van der Waals surface area contributed by atoms with Crippen LogP contribution in [0.25, 0.3) is 10.2 Å². The van der Waals surface area contributed by atoms with Crippen LogP contribution in [0.15, 0.2) is 48.5 Å². The number of para-hydroxylation sites is 1. The average Bonchev–Trinajstić information content (AvgIpc) is 3.14. The Morgan fingerprint density at radius 1 is 1.07 bits per heavy atom. The fourth-order valence-corrected chi connectivity index (χ4v) is 4.99. The van der Waals surface area contributed by atoms with E-state index in [0.717, 1.165) is 43.9 Å². The molecular weight excluding hydrogens is 387 g/mol. The van der Waals surface area contributed by atoms with Crippen molar-refractivity contribution in [2.45, 2.75) is 13.5 Å². The highest BCUT2D eigenvalue weighted by Crippen LogP contribution is 2.20. The van der Waals surface area contributed by atoms with Gasteiger partial charge in [-0.3, -0.25) is 4.79 Å². The molecule has 4 rings (SSSR count). The summed E-state index contributed by atoms with van der Waals surface area (Å²) in [5, 5.41) is 1.19. The number of hydrogen-bond acceptors (Lipinski definition) is 3. The third kappa shape index (κ3) is 4.80. The van der Waals surface area contributed by atoms with Gasteiger partial charge in [0.25, 0.3) is 5.91 Å². The minimum atomic E-state index is -0.282. The number of nitrogens with zero attached hydrogens (tertiary/aromatic N) is 2. The molecule has 2 N–H and O–H groups in total. The van der Waals surface area contributed by atoms with Crippen molar-refractivity contribution >= 4 is 33.1 Å². The lowest BCUT2D eigenvalue weighted by Gasteiger charge is -2.30. The number of thiazole rings is 1. The van der Waals surface area contributed by atoms with Crippen LogP contribution in [0, 0.1) is 5.82 Å². The molecule has 29 heavy (non-hydrogen) atoms. The van der Waals surface area contributed by atoms with Crippen molar-refractivity contribution in [3.8, 4) is 0 Å². The fraction of sp³-hybridized carbons (Fsp3) is 0.364. The van der Waals surface area contributed by atoms with Crippen LogP contribution in [-0.2, 0) is 11.3 Å². The van der Waals surface area contributed by atoms with Gasteiger partial charge in [0.2, 0.25) is 0 Å². The monoisotopic (exact) mass is 414 g/mol. The van der Waals surface area contributed by atoms with Crippen LogP contribution in [0.1, 0.15) is 11.9 Å². The van der Waals surface area contributed by atoms with Crippen molar-refractivity contribution in [2.75, 3.05) is 44.2 Å². The molecule has 1 aromatic heterocycles. The molecule has 3 aromatic rings. The summed E-state index contributed by atoms with van der Waals surface area (Å²) in [6.07, 6.45) is 0. The molecule has 0 bridgehead atoms. The van der Waals surface area contributed by atoms with E-state index in [1.165, 1.54) is 31.6 Å². The molecule has 1 aliphatic rings. The van der Waals surface area contributed by atoms with Crippen LogP contribution in [0.4, 0.5) is 10.1 Å². The predicted octanol–water partition coefficient (Wildman–Crippen LogP) is 0.772. The van der Waals surface area contributed by atoms with Crippen molar-refractivity contribution in [2.24, 2.45) is 0 Å². The number of nitrogens with one attached hydrogen (secondary N) is 2. The first-order chi connectivity index (χ1) is 14.1. The Balaban J connectivity index is 1.29. The summed E-state index contributed by atoms with van der Waals surface area (Å²) in [6, 6.07) is 14.4. The number of fused-ring (bicyclic) bond motifs is 1.